The van der Waals surface area contributed by atoms with Crippen LogP contribution >= 0.6 is 0 Å². The van der Waals surface area contributed by atoms with Crippen LogP contribution in [0.3, 0.4) is 0 Å². The van der Waals surface area contributed by atoms with Crippen molar-refractivity contribution in [3.05, 3.63) is 18.2 Å². The molecule has 0 bridgehead atoms. The van der Waals surface area contributed by atoms with Gasteiger partial charge in [0.1, 0.15) is 5.82 Å². The van der Waals surface area contributed by atoms with Crippen molar-refractivity contribution in [2.24, 2.45) is 0 Å². The Balaban J connectivity index is 0.000000561. The Hall–Kier alpha value is -0.790. The van der Waals surface area contributed by atoms with Crippen LogP contribution in [0.2, 0.25) is 0 Å². The molecule has 0 aliphatic heterocycles. The first-order valence-electron chi connectivity index (χ1n) is 4.88. The second kappa shape index (κ2) is 6.89. The predicted molar refractivity (Wildman–Crippen MR) is 53.2 cm³/mol. The summed E-state index contributed by atoms with van der Waals surface area (Å²) in [5.74, 6) is 1.20. The third-order valence-corrected chi connectivity index (χ3v) is 1.58. The molecule has 0 spiro atoms. The van der Waals surface area contributed by atoms with E-state index in [4.69, 9.17) is 0 Å². The molecule has 0 aromatic carbocycles. The van der Waals surface area contributed by atoms with Crippen LogP contribution in [0.25, 0.3) is 0 Å². The summed E-state index contributed by atoms with van der Waals surface area (Å²) in [5, 5.41) is 0. The van der Waals surface area contributed by atoms with Crippen LogP contribution in [-0.4, -0.2) is 9.55 Å². The van der Waals surface area contributed by atoms with E-state index in [-0.39, 0.29) is 0 Å². The largest absolute Gasteiger partial charge is 0.335 e. The van der Waals surface area contributed by atoms with Gasteiger partial charge in [-0.3, -0.25) is 0 Å². The molecule has 0 N–H and O–H groups in total. The van der Waals surface area contributed by atoms with Crippen molar-refractivity contribution in [3.8, 4) is 0 Å². The van der Waals surface area contributed by atoms with Gasteiger partial charge in [0.15, 0.2) is 0 Å². The Labute approximate surface area is 75.6 Å². The van der Waals surface area contributed by atoms with E-state index in [1.54, 1.807) is 0 Å². The number of hydrogen-bond donors (Lipinski definition) is 0. The summed E-state index contributed by atoms with van der Waals surface area (Å²) >= 11 is 0. The number of hydrogen-bond acceptors (Lipinski definition) is 1. The minimum absolute atomic E-state index is 1.03. The maximum atomic E-state index is 4.22. The molecule has 0 fully saturated rings. The first-order valence-corrected chi connectivity index (χ1v) is 4.88. The van der Waals surface area contributed by atoms with Crippen LogP contribution in [0.15, 0.2) is 12.4 Å². The highest BCUT2D eigenvalue weighted by Crippen LogP contribution is 1.98. The second-order valence-corrected chi connectivity index (χ2v) is 2.39. The van der Waals surface area contributed by atoms with Gasteiger partial charge in [-0.05, 0) is 6.42 Å². The van der Waals surface area contributed by atoms with Gasteiger partial charge in [-0.2, -0.15) is 0 Å². The molecule has 70 valence electrons. The molecule has 12 heavy (non-hydrogen) atoms. The van der Waals surface area contributed by atoms with Crippen molar-refractivity contribution in [2.75, 3.05) is 0 Å². The van der Waals surface area contributed by atoms with E-state index in [1.165, 1.54) is 12.2 Å². The molecule has 0 atom stereocenters. The number of imidazole rings is 1. The Morgan fingerprint density at radius 1 is 1.33 bits per heavy atom. The fourth-order valence-corrected chi connectivity index (χ4v) is 1.10. The zero-order valence-electron chi connectivity index (χ0n) is 8.67. The van der Waals surface area contributed by atoms with Crippen LogP contribution in [0.4, 0.5) is 0 Å². The normalized spacial score (nSPS) is 9.00. The van der Waals surface area contributed by atoms with Crippen molar-refractivity contribution in [2.45, 2.75) is 47.1 Å². The Morgan fingerprint density at radius 2 is 2.00 bits per heavy atom. The molecule has 1 aromatic heterocycles. The molecule has 0 amide bonds. The molecule has 1 rings (SSSR count). The minimum Gasteiger partial charge on any atom is -0.335 e. The third-order valence-electron chi connectivity index (χ3n) is 1.58. The topological polar surface area (TPSA) is 17.8 Å². The lowest BCUT2D eigenvalue weighted by Crippen LogP contribution is -2.00. The van der Waals surface area contributed by atoms with E-state index in [0.717, 1.165) is 13.0 Å². The van der Waals surface area contributed by atoms with E-state index in [1.807, 2.05) is 26.2 Å². The SMILES string of the molecule is CC.CCCn1ccnc1CC. The molecular weight excluding hydrogens is 148 g/mol. The van der Waals surface area contributed by atoms with E-state index in [2.05, 4.69) is 23.4 Å². The van der Waals surface area contributed by atoms with Crippen LogP contribution < -0.4 is 0 Å². The van der Waals surface area contributed by atoms with E-state index in [9.17, 15) is 0 Å². The molecule has 1 aromatic rings. The molecule has 0 saturated heterocycles. The van der Waals surface area contributed by atoms with Crippen molar-refractivity contribution >= 4 is 0 Å². The number of rotatable bonds is 3. The molecular formula is C10H20N2. The van der Waals surface area contributed by atoms with Gasteiger partial charge in [0.2, 0.25) is 0 Å². The zero-order chi connectivity index (χ0) is 9.40. The molecule has 0 saturated carbocycles. The van der Waals surface area contributed by atoms with Crippen molar-refractivity contribution in [1.29, 1.82) is 0 Å². The lowest BCUT2D eigenvalue weighted by molar-refractivity contribution is 0.642. The quantitative estimate of drug-likeness (QED) is 0.678. The van der Waals surface area contributed by atoms with E-state index in [0.29, 0.717) is 0 Å². The minimum atomic E-state index is 1.03. The standard InChI is InChI=1S/C8H14N2.C2H6/c1-3-6-10-7-5-9-8(10)4-2;1-2/h5,7H,3-4,6H2,1-2H3;1-2H3. The van der Waals surface area contributed by atoms with E-state index < -0.39 is 0 Å². The fraction of sp³-hybridized carbons (Fsp3) is 0.700. The summed E-state index contributed by atoms with van der Waals surface area (Å²) in [6.07, 6.45) is 6.13. The second-order valence-electron chi connectivity index (χ2n) is 2.39. The molecule has 2 nitrogen and oxygen atoms in total. The highest BCUT2D eigenvalue weighted by atomic mass is 15.0. The third kappa shape index (κ3) is 3.07. The van der Waals surface area contributed by atoms with Crippen molar-refractivity contribution in [1.82, 2.24) is 9.55 Å². The molecule has 1 heterocycles. The molecule has 0 aliphatic carbocycles. The Bertz CT molecular complexity index is 191. The number of nitrogens with zero attached hydrogens (tertiary/aromatic N) is 2. The molecule has 0 unspecified atom stereocenters. The average Bonchev–Trinajstić information content (AvgIpc) is 2.56. The smallest absolute Gasteiger partial charge is 0.108 e. The Kier molecular flexibility index (Phi) is 6.44. The lowest BCUT2D eigenvalue weighted by Gasteiger charge is -2.01. The summed E-state index contributed by atoms with van der Waals surface area (Å²) in [6, 6.07) is 0. The van der Waals surface area contributed by atoms with Gasteiger partial charge in [-0.1, -0.05) is 27.7 Å². The number of aromatic nitrogens is 2. The van der Waals surface area contributed by atoms with Crippen LogP contribution in [0.1, 0.15) is 39.9 Å². The zero-order valence-corrected chi connectivity index (χ0v) is 8.67. The van der Waals surface area contributed by atoms with Crippen molar-refractivity contribution < 1.29 is 0 Å². The van der Waals surface area contributed by atoms with Crippen LogP contribution in [-0.2, 0) is 13.0 Å². The summed E-state index contributed by atoms with van der Waals surface area (Å²) in [6.45, 7) is 9.41. The summed E-state index contributed by atoms with van der Waals surface area (Å²) in [7, 11) is 0. The monoisotopic (exact) mass is 168 g/mol. The molecule has 0 radical (unpaired) electrons. The summed E-state index contributed by atoms with van der Waals surface area (Å²) in [4.78, 5) is 4.22. The van der Waals surface area contributed by atoms with Crippen LogP contribution in [0.5, 0.6) is 0 Å². The van der Waals surface area contributed by atoms with Gasteiger partial charge < -0.3 is 4.57 Å². The summed E-state index contributed by atoms with van der Waals surface area (Å²) < 4.78 is 2.21. The maximum absolute atomic E-state index is 4.22. The van der Waals surface area contributed by atoms with Gasteiger partial charge in [-0.15, -0.1) is 0 Å². The molecule has 2 heteroatoms. The lowest BCUT2D eigenvalue weighted by atomic mass is 10.4. The maximum Gasteiger partial charge on any atom is 0.108 e. The van der Waals surface area contributed by atoms with Crippen LogP contribution in [0, 0.1) is 0 Å². The highest BCUT2D eigenvalue weighted by Gasteiger charge is 1.96. The summed E-state index contributed by atoms with van der Waals surface area (Å²) in [5.41, 5.74) is 0. The highest BCUT2D eigenvalue weighted by molar-refractivity contribution is 4.91. The average molecular weight is 168 g/mol. The predicted octanol–water partition coefficient (Wildman–Crippen LogP) is 2.88. The van der Waals surface area contributed by atoms with Gasteiger partial charge in [0, 0.05) is 25.4 Å². The molecule has 0 aliphatic rings. The first-order chi connectivity index (χ1) is 5.88. The number of aryl methyl sites for hydroxylation is 2. The van der Waals surface area contributed by atoms with Crippen molar-refractivity contribution in [3.63, 3.8) is 0 Å². The van der Waals surface area contributed by atoms with Gasteiger partial charge in [0.05, 0.1) is 0 Å². The first kappa shape index (κ1) is 11.2. The fourth-order valence-electron chi connectivity index (χ4n) is 1.10. The Morgan fingerprint density at radius 3 is 2.50 bits per heavy atom. The van der Waals surface area contributed by atoms with Gasteiger partial charge in [-0.25, -0.2) is 4.98 Å². The van der Waals surface area contributed by atoms with Gasteiger partial charge in [0.25, 0.3) is 0 Å². The van der Waals surface area contributed by atoms with E-state index >= 15 is 0 Å². The van der Waals surface area contributed by atoms with Gasteiger partial charge >= 0.3 is 0 Å².